The Hall–Kier alpha value is -5.66. The molecular weight excluding hydrogens is 928 g/mol. The molecular formula is C48H61BrN8O10. The number of halogens is 1. The van der Waals surface area contributed by atoms with Crippen molar-refractivity contribution in [1.82, 2.24) is 38.3 Å². The highest BCUT2D eigenvalue weighted by atomic mass is 79.9. The van der Waals surface area contributed by atoms with Crippen LogP contribution in [0.5, 0.6) is 0 Å². The van der Waals surface area contributed by atoms with Crippen molar-refractivity contribution in [3.05, 3.63) is 116 Å². The van der Waals surface area contributed by atoms with E-state index in [2.05, 4.69) is 33.4 Å². The summed E-state index contributed by atoms with van der Waals surface area (Å²) in [6, 6.07) is 20.1. The molecule has 67 heavy (non-hydrogen) atoms. The average Bonchev–Trinajstić information content (AvgIpc) is 3.55. The Morgan fingerprint density at radius 2 is 1.09 bits per heavy atom. The summed E-state index contributed by atoms with van der Waals surface area (Å²) < 4.78 is 28.2. The van der Waals surface area contributed by atoms with Gasteiger partial charge in [-0.25, -0.2) is 19.2 Å². The van der Waals surface area contributed by atoms with E-state index in [1.54, 1.807) is 28.1 Å². The van der Waals surface area contributed by atoms with Gasteiger partial charge in [-0.1, -0.05) is 76.6 Å². The maximum absolute atomic E-state index is 13.8. The number of carbonyl (C=O) groups is 4. The lowest BCUT2D eigenvalue weighted by molar-refractivity contribution is -0.129. The van der Waals surface area contributed by atoms with Crippen LogP contribution in [0.1, 0.15) is 85.0 Å². The first kappa shape index (κ1) is 47.8. The van der Waals surface area contributed by atoms with Crippen LogP contribution in [0, 0.1) is 10.8 Å². The van der Waals surface area contributed by atoms with E-state index in [1.165, 1.54) is 5.56 Å². The molecule has 0 unspecified atom stereocenters. The van der Waals surface area contributed by atoms with Gasteiger partial charge in [-0.05, 0) is 52.7 Å². The van der Waals surface area contributed by atoms with Crippen LogP contribution >= 0.6 is 15.9 Å². The molecule has 10 rings (SSSR count). The second-order valence-corrected chi connectivity index (χ2v) is 20.9. The highest BCUT2D eigenvalue weighted by Gasteiger charge is 2.48. The molecule has 6 aliphatic rings. The number of imidazole rings is 2. The minimum Gasteiger partial charge on any atom is -0.444 e. The van der Waals surface area contributed by atoms with E-state index in [1.807, 2.05) is 95.0 Å². The van der Waals surface area contributed by atoms with E-state index in [-0.39, 0.29) is 47.1 Å². The molecule has 0 atom stereocenters. The van der Waals surface area contributed by atoms with Crippen molar-refractivity contribution in [2.75, 3.05) is 52.6 Å². The lowest BCUT2D eigenvalue weighted by atomic mass is 9.85. The zero-order valence-electron chi connectivity index (χ0n) is 39.2. The first-order valence-corrected chi connectivity index (χ1v) is 23.9. The van der Waals surface area contributed by atoms with Gasteiger partial charge in [0.05, 0.1) is 61.7 Å². The van der Waals surface area contributed by atoms with Gasteiger partial charge in [0.25, 0.3) is 11.8 Å². The molecule has 2 spiro atoms. The van der Waals surface area contributed by atoms with Crippen molar-refractivity contribution >= 4 is 39.9 Å². The molecule has 19 heteroatoms. The van der Waals surface area contributed by atoms with Crippen molar-refractivity contribution in [1.29, 1.82) is 0 Å². The van der Waals surface area contributed by atoms with Gasteiger partial charge in [0.2, 0.25) is 0 Å². The number of alkyl halides is 1. The number of amides is 4. The quantitative estimate of drug-likeness (QED) is 0.280. The molecule has 4 amide bonds. The fraction of sp³-hybridized carbons (Fsp3) is 0.542. The SMILES string of the molecule is BrCc1ccccc1.CC(C)(C)OC(=O)N1CCn2c(c3n(c2=O)CC2(CNC3=O)COC2)C1.CC(C)(C)OC(=O)N1CCn2c(c3n(c2=O)CC2(COC2)CN(Cc2ccccc2)C3=O)C1. The topological polar surface area (TPSA) is 181 Å². The van der Waals surface area contributed by atoms with E-state index in [9.17, 15) is 28.8 Å². The predicted octanol–water partition coefficient (Wildman–Crippen LogP) is 4.82. The van der Waals surface area contributed by atoms with Gasteiger partial charge in [0, 0.05) is 64.2 Å². The van der Waals surface area contributed by atoms with Crippen molar-refractivity contribution in [3.63, 3.8) is 0 Å². The Bertz CT molecular complexity index is 2620. The first-order valence-electron chi connectivity index (χ1n) is 22.8. The number of hydrogen-bond donors (Lipinski definition) is 1. The second kappa shape index (κ2) is 18.8. The second-order valence-electron chi connectivity index (χ2n) is 20.4. The average molecular weight is 990 g/mol. The van der Waals surface area contributed by atoms with Crippen molar-refractivity contribution in [2.24, 2.45) is 10.8 Å². The van der Waals surface area contributed by atoms with E-state index in [4.69, 9.17) is 18.9 Å². The third-order valence-electron chi connectivity index (χ3n) is 12.5. The minimum atomic E-state index is -0.620. The van der Waals surface area contributed by atoms with Gasteiger partial charge in [-0.15, -0.1) is 0 Å². The van der Waals surface area contributed by atoms with Crippen LogP contribution in [0.15, 0.2) is 70.3 Å². The van der Waals surface area contributed by atoms with E-state index in [0.29, 0.717) is 108 Å². The predicted molar refractivity (Wildman–Crippen MR) is 250 cm³/mol. The van der Waals surface area contributed by atoms with Crippen LogP contribution in [0.3, 0.4) is 0 Å². The maximum atomic E-state index is 13.8. The number of hydrogen-bond acceptors (Lipinski definition) is 10. The number of nitrogens with zero attached hydrogens (tertiary/aromatic N) is 7. The van der Waals surface area contributed by atoms with Gasteiger partial charge < -0.3 is 39.0 Å². The standard InChI is InChI=1S/C24H30N4O5.C17H24N4O5.C7H7Br/c1-23(2,3)33-22(31)25-9-10-27-18(12-25)19-20(29)26(11-17-7-5-4-6-8-17)13-24(15-32-16-24)14-28(19)21(27)30;1-16(2,3)26-15(24)19-4-5-20-11(6-19)12-13(22)18-7-17(9-25-10-17)8-21(12)14(20)23;8-6-7-4-2-1-3-5-7/h4-8H,9-16H2,1-3H3;4-10H2,1-3H3,(H,18,22);1-5H,6H2. The fourth-order valence-electron chi connectivity index (χ4n) is 9.18. The molecule has 2 saturated heterocycles. The van der Waals surface area contributed by atoms with Gasteiger partial charge in [-0.3, -0.25) is 27.9 Å². The summed E-state index contributed by atoms with van der Waals surface area (Å²) in [6.45, 7) is 17.1. The van der Waals surface area contributed by atoms with Gasteiger partial charge in [0.1, 0.15) is 22.6 Å². The maximum Gasteiger partial charge on any atom is 0.410 e. The largest absolute Gasteiger partial charge is 0.444 e. The molecule has 8 heterocycles. The van der Waals surface area contributed by atoms with Crippen LogP contribution in [0.2, 0.25) is 0 Å². The van der Waals surface area contributed by atoms with Crippen molar-refractivity contribution in [2.45, 2.75) is 104 Å². The lowest BCUT2D eigenvalue weighted by Crippen LogP contribution is -2.53. The zero-order chi connectivity index (χ0) is 47.9. The molecule has 0 saturated carbocycles. The molecule has 2 fully saturated rings. The lowest BCUT2D eigenvalue weighted by Gasteiger charge is -2.42. The summed E-state index contributed by atoms with van der Waals surface area (Å²) in [5, 5.41) is 3.86. The summed E-state index contributed by atoms with van der Waals surface area (Å²) in [5.41, 5.74) is 2.15. The molecule has 1 N–H and O–H groups in total. The molecule has 2 aromatic heterocycles. The molecule has 0 bridgehead atoms. The molecule has 360 valence electrons. The van der Waals surface area contributed by atoms with Gasteiger partial charge in [-0.2, -0.15) is 0 Å². The van der Waals surface area contributed by atoms with Crippen LogP contribution in [-0.4, -0.2) is 121 Å². The van der Waals surface area contributed by atoms with Crippen LogP contribution < -0.4 is 16.7 Å². The first-order chi connectivity index (χ1) is 31.8. The Balaban J connectivity index is 0.000000159. The van der Waals surface area contributed by atoms with Crippen LogP contribution in [0.25, 0.3) is 0 Å². The zero-order valence-corrected chi connectivity index (χ0v) is 40.8. The normalized spacial score (nSPS) is 19.0. The number of benzene rings is 2. The summed E-state index contributed by atoms with van der Waals surface area (Å²) in [7, 11) is 0. The van der Waals surface area contributed by atoms with E-state index in [0.717, 1.165) is 10.9 Å². The smallest absolute Gasteiger partial charge is 0.410 e. The third-order valence-corrected chi connectivity index (χ3v) is 13.2. The van der Waals surface area contributed by atoms with Crippen molar-refractivity contribution in [3.8, 4) is 0 Å². The van der Waals surface area contributed by atoms with E-state index >= 15 is 0 Å². The number of rotatable bonds is 3. The number of nitrogens with one attached hydrogen (secondary N) is 1. The number of ether oxygens (including phenoxy) is 4. The molecule has 2 aromatic carbocycles. The molecule has 0 aliphatic carbocycles. The third kappa shape index (κ3) is 10.3. The molecule has 0 radical (unpaired) electrons. The van der Waals surface area contributed by atoms with Crippen molar-refractivity contribution < 1.29 is 38.1 Å². The Morgan fingerprint density at radius 1 is 0.627 bits per heavy atom. The molecule has 6 aliphatic heterocycles. The highest BCUT2D eigenvalue weighted by Crippen LogP contribution is 2.36. The summed E-state index contributed by atoms with van der Waals surface area (Å²) in [4.78, 5) is 82.7. The van der Waals surface area contributed by atoms with E-state index < -0.39 is 23.4 Å². The number of fused-ring (bicyclic) bond motifs is 6. The monoisotopic (exact) mass is 988 g/mol. The highest BCUT2D eigenvalue weighted by molar-refractivity contribution is 9.08. The number of carbonyl (C=O) groups excluding carboxylic acids is 4. The summed E-state index contributed by atoms with van der Waals surface area (Å²) in [5.74, 6) is -0.454. The van der Waals surface area contributed by atoms with Crippen LogP contribution in [-0.2, 0) is 70.1 Å². The number of aromatic nitrogens is 4. The molecule has 4 aromatic rings. The van der Waals surface area contributed by atoms with Gasteiger partial charge >= 0.3 is 23.6 Å². The van der Waals surface area contributed by atoms with Gasteiger partial charge in [0.15, 0.2) is 0 Å². The Morgan fingerprint density at radius 3 is 1.54 bits per heavy atom. The molecule has 18 nitrogen and oxygen atoms in total. The summed E-state index contributed by atoms with van der Waals surface area (Å²) in [6.07, 6.45) is -0.874. The Labute approximate surface area is 397 Å². The summed E-state index contributed by atoms with van der Waals surface area (Å²) >= 11 is 3.36. The van der Waals surface area contributed by atoms with Crippen LogP contribution in [0.4, 0.5) is 9.59 Å². The minimum absolute atomic E-state index is 0.168. The Kier molecular flexibility index (Phi) is 13.4. The fourth-order valence-corrected chi connectivity index (χ4v) is 9.56.